The molecule has 370 valence electrons. The molecule has 0 radical (unpaired) electrons. The zero-order chi connectivity index (χ0) is 48.9. The van der Waals surface area contributed by atoms with E-state index in [4.69, 9.17) is 24.5 Å². The Hall–Kier alpha value is -6.25. The maximum Gasteiger partial charge on any atom is 0.254 e. The Kier molecular flexibility index (Phi) is 15.2. The number of nitrogens with one attached hydrogen (secondary N) is 1. The number of benzene rings is 2. The fourth-order valence-electron chi connectivity index (χ4n) is 9.58. The summed E-state index contributed by atoms with van der Waals surface area (Å²) in [6, 6.07) is 17.3. The fourth-order valence-corrected chi connectivity index (χ4v) is 10.4. The molecule has 6 aromatic rings. The van der Waals surface area contributed by atoms with Crippen molar-refractivity contribution in [1.82, 2.24) is 45.2 Å². The third-order valence-electron chi connectivity index (χ3n) is 13.6. The van der Waals surface area contributed by atoms with Crippen LogP contribution < -0.4 is 15.8 Å². The number of aromatic nitrogens is 6. The van der Waals surface area contributed by atoms with Crippen LogP contribution in [-0.4, -0.2) is 132 Å². The number of phenols is 1. The van der Waals surface area contributed by atoms with Crippen molar-refractivity contribution in [3.8, 4) is 44.5 Å². The number of hydrogen-bond acceptors (Lipinski definition) is 16. The molecule has 0 spiro atoms. The van der Waals surface area contributed by atoms with E-state index in [0.717, 1.165) is 66.0 Å². The molecule has 3 fully saturated rings. The summed E-state index contributed by atoms with van der Waals surface area (Å²) in [4.78, 5) is 37.2. The number of nitrogens with two attached hydrogens (primary N) is 1. The molecule has 9 rings (SSSR count). The van der Waals surface area contributed by atoms with E-state index >= 15 is 0 Å². The number of ether oxygens (including phenoxy) is 3. The quantitative estimate of drug-likeness (QED) is 0.0688. The molecule has 6 heterocycles. The maximum atomic E-state index is 14.2. The Morgan fingerprint density at radius 1 is 0.943 bits per heavy atom. The van der Waals surface area contributed by atoms with Crippen LogP contribution in [0.2, 0.25) is 0 Å². The van der Waals surface area contributed by atoms with Crippen molar-refractivity contribution in [3.63, 3.8) is 0 Å². The van der Waals surface area contributed by atoms with Gasteiger partial charge in [0.25, 0.3) is 5.88 Å². The number of nitrogen functional groups attached to an aromatic ring is 1. The first-order chi connectivity index (χ1) is 33.9. The van der Waals surface area contributed by atoms with E-state index in [-0.39, 0.29) is 66.6 Å². The Bertz CT molecular complexity index is 2710. The molecule has 1 aliphatic carbocycles. The standard InChI is InChI=1S/C51H62N10O8S/c1-30(2)47(51(65)61-28-36(62)21-43(61)50(64)55-31(3)33-9-11-34(12-10-33)48-32(4)53-29-70-48)45-25-46(58-69-45)67-19-17-59-15-13-37(14-16-59)68-39-22-38(23-39)66-20-18-60-27-35(26-54-60)41-24-42(56-57-49(41)52)40-7-5-6-8-44(40)63/h5-12,24-27,29-31,36-39,43,47,62-63H,13-23,28H2,1-4H3,(H2,52,57)(H,55,64)/t31-,36+,38?,39?,43-,47+/m0/s1. The molecule has 1 saturated carbocycles. The van der Waals surface area contributed by atoms with Gasteiger partial charge in [-0.05, 0) is 79.9 Å². The number of para-hydroxylation sites is 1. The summed E-state index contributed by atoms with van der Waals surface area (Å²) in [5.41, 5.74) is 13.6. The van der Waals surface area contributed by atoms with Crippen LogP contribution in [0.15, 0.2) is 83.1 Å². The van der Waals surface area contributed by atoms with Gasteiger partial charge in [0.1, 0.15) is 24.3 Å². The van der Waals surface area contributed by atoms with Gasteiger partial charge in [-0.2, -0.15) is 5.10 Å². The Morgan fingerprint density at radius 3 is 2.47 bits per heavy atom. The molecule has 18 nitrogen and oxygen atoms in total. The number of anilines is 1. The summed E-state index contributed by atoms with van der Waals surface area (Å²) < 4.78 is 26.1. The molecule has 3 aliphatic rings. The molecule has 19 heteroatoms. The Labute approximate surface area is 411 Å². The monoisotopic (exact) mass is 974 g/mol. The number of piperidine rings is 1. The normalized spacial score (nSPS) is 20.6. The summed E-state index contributed by atoms with van der Waals surface area (Å²) in [5, 5.41) is 41.0. The summed E-state index contributed by atoms with van der Waals surface area (Å²) in [5.74, 6) is -0.434. The molecule has 4 aromatic heterocycles. The smallest absolute Gasteiger partial charge is 0.254 e. The minimum atomic E-state index is -0.828. The number of nitrogens with zero attached hydrogens (tertiary/aromatic N) is 8. The highest BCUT2D eigenvalue weighted by Crippen LogP contribution is 2.35. The third kappa shape index (κ3) is 11.3. The van der Waals surface area contributed by atoms with E-state index in [0.29, 0.717) is 54.8 Å². The maximum absolute atomic E-state index is 14.2. The number of β-amino-alcohol motifs (C(OH)–C–C–N with tert-alkyl or cyclic N) is 1. The van der Waals surface area contributed by atoms with Gasteiger partial charge in [0, 0.05) is 61.6 Å². The van der Waals surface area contributed by atoms with Gasteiger partial charge in [-0.1, -0.05) is 50.2 Å². The number of rotatable bonds is 19. The Balaban J connectivity index is 0.671. The van der Waals surface area contributed by atoms with E-state index in [1.165, 1.54) is 4.90 Å². The lowest BCUT2D eigenvalue weighted by atomic mass is 9.91. The lowest BCUT2D eigenvalue weighted by Crippen LogP contribution is -2.48. The van der Waals surface area contributed by atoms with Crippen molar-refractivity contribution in [2.45, 2.75) is 109 Å². The topological polar surface area (TPSA) is 229 Å². The summed E-state index contributed by atoms with van der Waals surface area (Å²) >= 11 is 1.59. The first-order valence-electron chi connectivity index (χ1n) is 24.2. The molecule has 2 aliphatic heterocycles. The van der Waals surface area contributed by atoms with Crippen molar-refractivity contribution in [2.24, 2.45) is 5.92 Å². The number of amides is 2. The van der Waals surface area contributed by atoms with Gasteiger partial charge in [0.05, 0.1) is 71.6 Å². The molecule has 70 heavy (non-hydrogen) atoms. The van der Waals surface area contributed by atoms with Crippen molar-refractivity contribution in [1.29, 1.82) is 0 Å². The minimum Gasteiger partial charge on any atom is -0.507 e. The summed E-state index contributed by atoms with van der Waals surface area (Å²) in [6.07, 6.45) is 7.14. The van der Waals surface area contributed by atoms with Crippen molar-refractivity contribution < 1.29 is 38.5 Å². The van der Waals surface area contributed by atoms with Crippen LogP contribution in [-0.2, 0) is 25.6 Å². The highest BCUT2D eigenvalue weighted by atomic mass is 32.1. The third-order valence-corrected chi connectivity index (χ3v) is 14.6. The van der Waals surface area contributed by atoms with E-state index in [2.05, 4.69) is 35.7 Å². The number of phenolic OH excluding ortho intramolecular Hbond substituents is 1. The predicted molar refractivity (Wildman–Crippen MR) is 263 cm³/mol. The fraction of sp³-hybridized carbons (Fsp3) is 0.471. The van der Waals surface area contributed by atoms with E-state index in [1.54, 1.807) is 41.8 Å². The second-order valence-corrected chi connectivity index (χ2v) is 19.8. The van der Waals surface area contributed by atoms with E-state index in [1.807, 2.05) is 80.5 Å². The predicted octanol–water partition coefficient (Wildman–Crippen LogP) is 6.40. The lowest BCUT2D eigenvalue weighted by Gasteiger charge is -2.39. The van der Waals surface area contributed by atoms with Crippen LogP contribution in [0.3, 0.4) is 0 Å². The van der Waals surface area contributed by atoms with Crippen molar-refractivity contribution in [3.05, 3.63) is 95.6 Å². The Morgan fingerprint density at radius 2 is 1.73 bits per heavy atom. The number of hydrogen-bond donors (Lipinski definition) is 4. The minimum absolute atomic E-state index is 0.0531. The first kappa shape index (κ1) is 48.8. The van der Waals surface area contributed by atoms with Gasteiger partial charge in [0.15, 0.2) is 11.6 Å². The number of carbonyl (C=O) groups is 2. The van der Waals surface area contributed by atoms with Gasteiger partial charge in [-0.15, -0.1) is 21.5 Å². The van der Waals surface area contributed by atoms with Crippen molar-refractivity contribution >= 4 is 29.0 Å². The number of carbonyl (C=O) groups excluding carboxylic acids is 2. The molecule has 0 bridgehead atoms. The molecule has 0 unspecified atom stereocenters. The largest absolute Gasteiger partial charge is 0.507 e. The summed E-state index contributed by atoms with van der Waals surface area (Å²) in [7, 11) is 0. The van der Waals surface area contributed by atoms with Crippen LogP contribution in [0.4, 0.5) is 5.82 Å². The summed E-state index contributed by atoms with van der Waals surface area (Å²) in [6.45, 7) is 11.8. The van der Waals surface area contributed by atoms with E-state index < -0.39 is 18.1 Å². The number of aliphatic hydroxyl groups is 1. The number of thiazole rings is 1. The average Bonchev–Trinajstić information content (AvgIpc) is 4.18. The second-order valence-electron chi connectivity index (χ2n) is 19.0. The van der Waals surface area contributed by atoms with Crippen LogP contribution in [0, 0.1) is 12.8 Å². The van der Waals surface area contributed by atoms with Crippen LogP contribution in [0.1, 0.15) is 81.9 Å². The van der Waals surface area contributed by atoms with Gasteiger partial charge in [-0.3, -0.25) is 19.2 Å². The molecular weight excluding hydrogens is 913 g/mol. The zero-order valence-electron chi connectivity index (χ0n) is 40.0. The van der Waals surface area contributed by atoms with Gasteiger partial charge in [0.2, 0.25) is 11.8 Å². The molecule has 2 saturated heterocycles. The van der Waals surface area contributed by atoms with Crippen molar-refractivity contribution in [2.75, 3.05) is 45.1 Å². The zero-order valence-corrected chi connectivity index (χ0v) is 40.8. The highest BCUT2D eigenvalue weighted by Gasteiger charge is 2.44. The molecule has 4 atom stereocenters. The number of aryl methyl sites for hydroxylation is 1. The highest BCUT2D eigenvalue weighted by molar-refractivity contribution is 7.13. The number of aromatic hydroxyl groups is 1. The van der Waals surface area contributed by atoms with Crippen LogP contribution in [0.5, 0.6) is 11.6 Å². The number of likely N-dealkylation sites (tertiary alicyclic amines) is 2. The molecule has 2 aromatic carbocycles. The van der Waals surface area contributed by atoms with Crippen LogP contribution in [0.25, 0.3) is 32.8 Å². The van der Waals surface area contributed by atoms with E-state index in [9.17, 15) is 19.8 Å². The van der Waals surface area contributed by atoms with Gasteiger partial charge in [-0.25, -0.2) is 4.98 Å². The average molecular weight is 975 g/mol. The second kappa shape index (κ2) is 21.8. The number of aliphatic hydroxyl groups excluding tert-OH is 1. The van der Waals surface area contributed by atoms with Gasteiger partial charge >= 0.3 is 0 Å². The SMILES string of the molecule is Cc1ncsc1-c1ccc([C@H](C)NC(=O)[C@@H]2C[C@@H](O)CN2C(=O)[C@@H](c2cc(OCCN3CCC(OC4CC(OCCn5cc(-c6cc(-c7ccccc7O)nnc6N)cn5)C4)CC3)no2)C(C)C)cc1. The lowest BCUT2D eigenvalue weighted by molar-refractivity contribution is -0.141. The van der Waals surface area contributed by atoms with Gasteiger partial charge < -0.3 is 44.9 Å². The molecule has 5 N–H and O–H groups in total. The first-order valence-corrected chi connectivity index (χ1v) is 25.1. The van der Waals surface area contributed by atoms with Crippen LogP contribution >= 0.6 is 11.3 Å². The molecule has 2 amide bonds. The molecular formula is C51H62N10O8S.